The van der Waals surface area contributed by atoms with E-state index in [0.717, 1.165) is 167 Å². The topological polar surface area (TPSA) is 78.9 Å². The molecule has 0 saturated carbocycles. The van der Waals surface area contributed by atoms with Crippen molar-refractivity contribution in [3.63, 3.8) is 0 Å². The van der Waals surface area contributed by atoms with Crippen molar-refractivity contribution in [3.05, 3.63) is 182 Å². The van der Waals surface area contributed by atoms with Gasteiger partial charge in [0.2, 0.25) is 0 Å². The van der Waals surface area contributed by atoms with Crippen LogP contribution in [0.15, 0.2) is 182 Å². The van der Waals surface area contributed by atoms with Gasteiger partial charge in [0.15, 0.2) is 6.10 Å². The van der Waals surface area contributed by atoms with E-state index in [1.165, 1.54) is 25.7 Å². The average molecular weight is 1090 g/mol. The molecule has 0 aromatic heterocycles. The Kier molecular flexibility index (Phi) is 60.5. The first-order valence-electron chi connectivity index (χ1n) is 31.3. The molecule has 0 aliphatic rings. The molecule has 0 radical (unpaired) electrons. The van der Waals surface area contributed by atoms with Crippen molar-refractivity contribution < 1.29 is 28.6 Å². The lowest BCUT2D eigenvalue weighted by Crippen LogP contribution is -2.30. The van der Waals surface area contributed by atoms with Gasteiger partial charge >= 0.3 is 17.9 Å². The molecule has 0 heterocycles. The van der Waals surface area contributed by atoms with E-state index in [9.17, 15) is 14.4 Å². The summed E-state index contributed by atoms with van der Waals surface area (Å²) < 4.78 is 16.8. The molecule has 0 N–H and O–H groups in total. The van der Waals surface area contributed by atoms with Crippen LogP contribution in [0, 0.1) is 0 Å². The Bertz CT molecular complexity index is 1870. The van der Waals surface area contributed by atoms with Gasteiger partial charge in [-0.3, -0.25) is 14.4 Å². The molecule has 0 rings (SSSR count). The van der Waals surface area contributed by atoms with Gasteiger partial charge in [-0.25, -0.2) is 0 Å². The number of carbonyl (C=O) groups is 3. The summed E-state index contributed by atoms with van der Waals surface area (Å²) in [6.07, 6.45) is 97.5. The SMILES string of the molecule is CC/C=C\C/C=C\C/C=C\C/C=C\C/C=C\C/C=C\C/C=C\C/C=C\C/C=C\CCCCCC(=O)OCC(COC(=O)CCCCCCC/C=C\CCCC)OC(=O)CCCCC/C=C\C/C=C\C/C=C\C/C=C\C/C=C\CC. The smallest absolute Gasteiger partial charge is 0.306 e. The molecule has 0 aromatic carbocycles. The average Bonchev–Trinajstić information content (AvgIpc) is 3.45. The van der Waals surface area contributed by atoms with Gasteiger partial charge in [0, 0.05) is 19.3 Å². The molecule has 0 bridgehead atoms. The van der Waals surface area contributed by atoms with E-state index in [-0.39, 0.29) is 37.5 Å². The van der Waals surface area contributed by atoms with Crippen molar-refractivity contribution >= 4 is 17.9 Å². The van der Waals surface area contributed by atoms with E-state index in [0.29, 0.717) is 19.3 Å². The van der Waals surface area contributed by atoms with Gasteiger partial charge in [-0.1, -0.05) is 248 Å². The van der Waals surface area contributed by atoms with Gasteiger partial charge in [0.05, 0.1) is 0 Å². The molecule has 79 heavy (non-hydrogen) atoms. The molecule has 1 unspecified atom stereocenters. The summed E-state index contributed by atoms with van der Waals surface area (Å²) >= 11 is 0. The third-order valence-corrected chi connectivity index (χ3v) is 12.4. The van der Waals surface area contributed by atoms with Crippen LogP contribution in [0.1, 0.15) is 239 Å². The van der Waals surface area contributed by atoms with Crippen LogP contribution in [0.5, 0.6) is 0 Å². The normalized spacial score (nSPS) is 13.4. The fraction of sp³-hybridized carbons (Fsp3) is 0.548. The standard InChI is InChI=1S/C73H112O6/c1-4-7-10-13-16-19-22-24-26-28-30-31-32-33-34-35-36-37-38-39-40-41-43-44-46-48-51-54-57-60-63-66-72(75)78-69-70(68-77-71(74)65-62-59-56-53-50-21-18-15-12-9-6-3)79-73(76)67-64-61-58-55-52-49-47-45-42-29-27-25-23-20-17-14-11-8-5-2/h7-8,10-11,15-20,24-27,30-31,33-34,36-37,39-40,42-45,48-49,51-52,70H,4-6,9,12-14,21-23,28-29,32,35,38,41,46-47,50,53-69H2,1-3H3/b10-7-,11-8-,18-15-,19-16-,20-17-,26-24-,27-25-,31-30-,34-33-,37-36-,40-39-,44-43-,45-42-,51-48-,52-49-. The van der Waals surface area contributed by atoms with Gasteiger partial charge in [-0.2, -0.15) is 0 Å². The van der Waals surface area contributed by atoms with Crippen LogP contribution in [-0.4, -0.2) is 37.2 Å². The van der Waals surface area contributed by atoms with Crippen LogP contribution in [0.3, 0.4) is 0 Å². The predicted molar refractivity (Wildman–Crippen MR) is 343 cm³/mol. The number of hydrogen-bond donors (Lipinski definition) is 0. The third kappa shape index (κ3) is 63.2. The minimum atomic E-state index is -0.823. The second kappa shape index (κ2) is 65.0. The van der Waals surface area contributed by atoms with E-state index >= 15 is 0 Å². The van der Waals surface area contributed by atoms with E-state index in [1.54, 1.807) is 0 Å². The Balaban J connectivity index is 4.44. The first-order chi connectivity index (χ1) is 39.0. The molecule has 0 aliphatic carbocycles. The van der Waals surface area contributed by atoms with E-state index in [4.69, 9.17) is 14.2 Å². The minimum absolute atomic E-state index is 0.115. The maximum atomic E-state index is 12.9. The molecule has 0 spiro atoms. The molecule has 440 valence electrons. The van der Waals surface area contributed by atoms with Gasteiger partial charge < -0.3 is 14.2 Å². The number of hydrogen-bond acceptors (Lipinski definition) is 6. The maximum Gasteiger partial charge on any atom is 0.306 e. The van der Waals surface area contributed by atoms with E-state index in [1.807, 2.05) is 0 Å². The molecule has 1 atom stereocenters. The Morgan fingerprint density at radius 2 is 0.494 bits per heavy atom. The van der Waals surface area contributed by atoms with Crippen molar-refractivity contribution in [3.8, 4) is 0 Å². The summed E-state index contributed by atoms with van der Waals surface area (Å²) in [4.78, 5) is 38.2. The number of rotatable bonds is 54. The first kappa shape index (κ1) is 73.5. The fourth-order valence-corrected chi connectivity index (χ4v) is 7.73. The highest BCUT2D eigenvalue weighted by Gasteiger charge is 2.19. The van der Waals surface area contributed by atoms with Gasteiger partial charge in [-0.05, 0) is 154 Å². The van der Waals surface area contributed by atoms with Crippen molar-refractivity contribution in [2.45, 2.75) is 245 Å². The summed E-state index contributed by atoms with van der Waals surface area (Å²) in [7, 11) is 0. The second-order valence-corrected chi connectivity index (χ2v) is 19.8. The monoisotopic (exact) mass is 1080 g/mol. The van der Waals surface area contributed by atoms with Gasteiger partial charge in [-0.15, -0.1) is 0 Å². The predicted octanol–water partition coefficient (Wildman–Crippen LogP) is 21.7. The maximum absolute atomic E-state index is 12.9. The van der Waals surface area contributed by atoms with Crippen LogP contribution in [0.4, 0.5) is 0 Å². The lowest BCUT2D eigenvalue weighted by Gasteiger charge is -2.18. The van der Waals surface area contributed by atoms with Crippen LogP contribution in [0.25, 0.3) is 0 Å². The molecule has 0 fully saturated rings. The molecule has 0 saturated heterocycles. The lowest BCUT2D eigenvalue weighted by molar-refractivity contribution is -0.167. The van der Waals surface area contributed by atoms with Crippen molar-refractivity contribution in [2.24, 2.45) is 0 Å². The van der Waals surface area contributed by atoms with Crippen molar-refractivity contribution in [1.82, 2.24) is 0 Å². The Morgan fingerprint density at radius 3 is 0.797 bits per heavy atom. The molecule has 6 heteroatoms. The second-order valence-electron chi connectivity index (χ2n) is 19.8. The molecule has 0 aromatic rings. The largest absolute Gasteiger partial charge is 0.462 e. The molecule has 0 amide bonds. The highest BCUT2D eigenvalue weighted by atomic mass is 16.6. The molecular formula is C73H112O6. The molecule has 0 aliphatic heterocycles. The van der Waals surface area contributed by atoms with Crippen molar-refractivity contribution in [2.75, 3.05) is 13.2 Å². The zero-order valence-electron chi connectivity index (χ0n) is 50.3. The first-order valence-corrected chi connectivity index (χ1v) is 31.3. The number of allylic oxidation sites excluding steroid dienone is 30. The highest BCUT2D eigenvalue weighted by molar-refractivity contribution is 5.71. The van der Waals surface area contributed by atoms with Crippen molar-refractivity contribution in [1.29, 1.82) is 0 Å². The summed E-state index contributed by atoms with van der Waals surface area (Å²) in [6.45, 7) is 6.29. The van der Waals surface area contributed by atoms with Crippen LogP contribution in [0.2, 0.25) is 0 Å². The summed E-state index contributed by atoms with van der Waals surface area (Å²) in [5.74, 6) is -1.00. The van der Waals surface area contributed by atoms with Crippen LogP contribution < -0.4 is 0 Å². The number of esters is 3. The fourth-order valence-electron chi connectivity index (χ4n) is 7.73. The molecular weight excluding hydrogens is 973 g/mol. The summed E-state index contributed by atoms with van der Waals surface area (Å²) in [5.41, 5.74) is 0. The number of unbranched alkanes of at least 4 members (excludes halogenated alkanes) is 13. The highest BCUT2D eigenvalue weighted by Crippen LogP contribution is 2.12. The zero-order chi connectivity index (χ0) is 57.1. The zero-order valence-corrected chi connectivity index (χ0v) is 50.3. The van der Waals surface area contributed by atoms with Gasteiger partial charge in [0.25, 0.3) is 0 Å². The number of ether oxygens (including phenoxy) is 3. The Morgan fingerprint density at radius 1 is 0.266 bits per heavy atom. The summed E-state index contributed by atoms with van der Waals surface area (Å²) in [5, 5.41) is 0. The van der Waals surface area contributed by atoms with Gasteiger partial charge in [0.1, 0.15) is 13.2 Å². The van der Waals surface area contributed by atoms with E-state index in [2.05, 4.69) is 203 Å². The Labute approximate surface area is 484 Å². The Hall–Kier alpha value is -5.49. The lowest BCUT2D eigenvalue weighted by atomic mass is 10.1. The third-order valence-electron chi connectivity index (χ3n) is 12.4. The summed E-state index contributed by atoms with van der Waals surface area (Å²) in [6, 6.07) is 0. The van der Waals surface area contributed by atoms with Crippen LogP contribution in [-0.2, 0) is 28.6 Å². The van der Waals surface area contributed by atoms with E-state index < -0.39 is 6.10 Å². The van der Waals surface area contributed by atoms with Crippen LogP contribution >= 0.6 is 0 Å². The minimum Gasteiger partial charge on any atom is -0.462 e. The number of carbonyl (C=O) groups excluding carboxylic acids is 3. The molecule has 6 nitrogen and oxygen atoms in total. The quantitative estimate of drug-likeness (QED) is 0.0261.